The smallest absolute Gasteiger partial charge is 0.142 e. The normalized spacial score (nSPS) is 10.9. The lowest BCUT2D eigenvalue weighted by Crippen LogP contribution is -1.93. The minimum atomic E-state index is 0.520. The fourth-order valence-electron chi connectivity index (χ4n) is 1.81. The average molecular weight is 323 g/mol. The minimum Gasteiger partial charge on any atom is -0.496 e. The monoisotopic (exact) mass is 322 g/mol. The molecule has 1 aromatic carbocycles. The van der Waals surface area contributed by atoms with E-state index in [0.29, 0.717) is 10.9 Å². The number of nitrogens with zero attached hydrogens (tertiary/aromatic N) is 2. The predicted molar refractivity (Wildman–Crippen MR) is 85.0 cm³/mol. The Morgan fingerprint density at radius 1 is 1.25 bits per heavy atom. The van der Waals surface area contributed by atoms with Crippen molar-refractivity contribution in [3.8, 4) is 5.75 Å². The molecule has 0 fully saturated rings. The first-order valence-electron chi connectivity index (χ1n) is 5.93. The first kappa shape index (κ1) is 13.7. The second-order valence-corrected chi connectivity index (χ2v) is 6.28. The molecule has 0 aliphatic heterocycles. The second-order valence-electron chi connectivity index (χ2n) is 4.01. The van der Waals surface area contributed by atoms with Crippen LogP contribution in [-0.4, -0.2) is 17.1 Å². The van der Waals surface area contributed by atoms with Gasteiger partial charge in [0.1, 0.15) is 21.6 Å². The molecule has 0 saturated heterocycles. The molecular weight excluding hydrogens is 312 g/mol. The maximum Gasteiger partial charge on any atom is 0.142 e. The Morgan fingerprint density at radius 3 is 2.95 bits per heavy atom. The second kappa shape index (κ2) is 5.99. The first-order valence-corrected chi connectivity index (χ1v) is 8.17. The summed E-state index contributed by atoms with van der Waals surface area (Å²) in [6.45, 7) is 0. The van der Waals surface area contributed by atoms with Gasteiger partial charge in [-0.15, -0.1) is 23.1 Å². The van der Waals surface area contributed by atoms with Gasteiger partial charge in [0.2, 0.25) is 0 Å². The highest BCUT2D eigenvalue weighted by molar-refractivity contribution is 7.98. The van der Waals surface area contributed by atoms with Crippen molar-refractivity contribution in [1.82, 2.24) is 9.97 Å². The summed E-state index contributed by atoms with van der Waals surface area (Å²) < 4.78 is 5.33. The summed E-state index contributed by atoms with van der Waals surface area (Å²) in [7, 11) is 1.67. The van der Waals surface area contributed by atoms with E-state index >= 15 is 0 Å². The van der Waals surface area contributed by atoms with Crippen LogP contribution in [0.4, 0.5) is 0 Å². The van der Waals surface area contributed by atoms with Gasteiger partial charge in [0, 0.05) is 10.3 Å². The van der Waals surface area contributed by atoms with Crippen molar-refractivity contribution in [3.05, 3.63) is 46.7 Å². The van der Waals surface area contributed by atoms with E-state index in [-0.39, 0.29) is 0 Å². The van der Waals surface area contributed by atoms with E-state index in [4.69, 9.17) is 16.3 Å². The first-order chi connectivity index (χ1) is 9.78. The Kier molecular flexibility index (Phi) is 4.10. The number of hydrogen-bond acceptors (Lipinski definition) is 5. The Balaban J connectivity index is 1.83. The number of rotatable bonds is 4. The highest BCUT2D eigenvalue weighted by Crippen LogP contribution is 2.32. The van der Waals surface area contributed by atoms with Gasteiger partial charge in [-0.05, 0) is 23.6 Å². The molecule has 3 rings (SSSR count). The Hall–Kier alpha value is -1.30. The van der Waals surface area contributed by atoms with Gasteiger partial charge in [0.15, 0.2) is 0 Å². The number of thioether (sulfide) groups is 1. The number of hydrogen-bond donors (Lipinski definition) is 0. The molecule has 0 aliphatic rings. The molecule has 2 heterocycles. The van der Waals surface area contributed by atoms with Gasteiger partial charge in [-0.2, -0.15) is 0 Å². The van der Waals surface area contributed by atoms with Crippen molar-refractivity contribution >= 4 is 44.9 Å². The Morgan fingerprint density at radius 2 is 2.10 bits per heavy atom. The molecular formula is C14H11ClN2OS2. The third kappa shape index (κ3) is 2.75. The number of aromatic nitrogens is 2. The molecule has 0 unspecified atom stereocenters. The largest absolute Gasteiger partial charge is 0.496 e. The number of thiophene rings is 1. The summed E-state index contributed by atoms with van der Waals surface area (Å²) in [4.78, 5) is 10.9. The SMILES string of the molecule is COc1ccccc1SCc1nc(Cl)c2ccsc2n1. The average Bonchev–Trinajstić information content (AvgIpc) is 2.94. The topological polar surface area (TPSA) is 35.0 Å². The van der Waals surface area contributed by atoms with Crippen LogP contribution in [-0.2, 0) is 5.75 Å². The van der Waals surface area contributed by atoms with Crippen LogP contribution < -0.4 is 4.74 Å². The maximum atomic E-state index is 6.17. The van der Waals surface area contributed by atoms with Gasteiger partial charge in [-0.1, -0.05) is 23.7 Å². The van der Waals surface area contributed by atoms with Gasteiger partial charge in [0.05, 0.1) is 12.9 Å². The summed E-state index contributed by atoms with van der Waals surface area (Å²) in [5.74, 6) is 2.26. The standard InChI is InChI=1S/C14H11ClN2OS2/c1-18-10-4-2-3-5-11(10)20-8-12-16-13(15)9-6-7-19-14(9)17-12/h2-7H,8H2,1H3. The lowest BCUT2D eigenvalue weighted by Gasteiger charge is -2.07. The summed E-state index contributed by atoms with van der Waals surface area (Å²) in [5, 5.41) is 3.41. The minimum absolute atomic E-state index is 0.520. The quantitative estimate of drug-likeness (QED) is 0.517. The van der Waals surface area contributed by atoms with Gasteiger partial charge in [-0.25, -0.2) is 9.97 Å². The van der Waals surface area contributed by atoms with Gasteiger partial charge >= 0.3 is 0 Å². The summed E-state index contributed by atoms with van der Waals surface area (Å²) >= 11 is 9.38. The number of ether oxygens (including phenoxy) is 1. The summed E-state index contributed by atoms with van der Waals surface area (Å²) in [6, 6.07) is 9.85. The highest BCUT2D eigenvalue weighted by Gasteiger charge is 2.09. The van der Waals surface area contributed by atoms with Crippen molar-refractivity contribution in [1.29, 1.82) is 0 Å². The Labute approximate surface area is 130 Å². The van der Waals surface area contributed by atoms with Crippen molar-refractivity contribution < 1.29 is 4.74 Å². The predicted octanol–water partition coefficient (Wildman–Crippen LogP) is 4.65. The molecule has 0 bridgehead atoms. The summed E-state index contributed by atoms with van der Waals surface area (Å²) in [6.07, 6.45) is 0. The fraction of sp³-hybridized carbons (Fsp3) is 0.143. The van der Waals surface area contributed by atoms with E-state index in [2.05, 4.69) is 9.97 Å². The van der Waals surface area contributed by atoms with Gasteiger partial charge < -0.3 is 4.74 Å². The Bertz CT molecular complexity index is 745. The fourth-order valence-corrected chi connectivity index (χ4v) is 3.78. The molecule has 2 aromatic heterocycles. The van der Waals surface area contributed by atoms with Crippen LogP contribution in [0.5, 0.6) is 5.75 Å². The molecule has 0 aliphatic carbocycles. The van der Waals surface area contributed by atoms with Crippen LogP contribution >= 0.6 is 34.7 Å². The van der Waals surface area contributed by atoms with E-state index < -0.39 is 0 Å². The number of para-hydroxylation sites is 1. The van der Waals surface area contributed by atoms with Crippen molar-refractivity contribution in [3.63, 3.8) is 0 Å². The maximum absolute atomic E-state index is 6.17. The molecule has 3 aromatic rings. The van der Waals surface area contributed by atoms with E-state index in [9.17, 15) is 0 Å². The number of fused-ring (bicyclic) bond motifs is 1. The van der Waals surface area contributed by atoms with Crippen LogP contribution in [0.15, 0.2) is 40.6 Å². The van der Waals surface area contributed by atoms with Gasteiger partial charge in [-0.3, -0.25) is 0 Å². The van der Waals surface area contributed by atoms with Crippen LogP contribution in [0, 0.1) is 0 Å². The molecule has 6 heteroatoms. The number of benzene rings is 1. The third-order valence-corrected chi connectivity index (χ3v) is 4.90. The third-order valence-electron chi connectivity index (χ3n) is 2.75. The molecule has 0 radical (unpaired) electrons. The van der Waals surface area contributed by atoms with Crippen LogP contribution in [0.25, 0.3) is 10.2 Å². The molecule has 102 valence electrons. The lowest BCUT2D eigenvalue weighted by atomic mass is 10.3. The molecule has 0 spiro atoms. The molecule has 0 N–H and O–H groups in total. The molecule has 3 nitrogen and oxygen atoms in total. The highest BCUT2D eigenvalue weighted by atomic mass is 35.5. The van der Waals surface area contributed by atoms with E-state index in [1.165, 1.54) is 0 Å². The zero-order chi connectivity index (χ0) is 13.9. The molecule has 0 saturated carbocycles. The van der Waals surface area contributed by atoms with Crippen LogP contribution in [0.3, 0.4) is 0 Å². The van der Waals surface area contributed by atoms with E-state index in [1.807, 2.05) is 35.7 Å². The molecule has 0 atom stereocenters. The van der Waals surface area contributed by atoms with Crippen LogP contribution in [0.1, 0.15) is 5.82 Å². The number of halogens is 1. The van der Waals surface area contributed by atoms with E-state index in [1.54, 1.807) is 30.2 Å². The summed E-state index contributed by atoms with van der Waals surface area (Å²) in [5.41, 5.74) is 0. The van der Waals surface area contributed by atoms with Crippen molar-refractivity contribution in [2.75, 3.05) is 7.11 Å². The van der Waals surface area contributed by atoms with Crippen LogP contribution in [0.2, 0.25) is 5.15 Å². The molecule has 20 heavy (non-hydrogen) atoms. The number of methoxy groups -OCH3 is 1. The van der Waals surface area contributed by atoms with Crippen molar-refractivity contribution in [2.45, 2.75) is 10.6 Å². The van der Waals surface area contributed by atoms with E-state index in [0.717, 1.165) is 26.7 Å². The molecule has 0 amide bonds. The zero-order valence-corrected chi connectivity index (χ0v) is 13.1. The van der Waals surface area contributed by atoms with Crippen molar-refractivity contribution in [2.24, 2.45) is 0 Å². The van der Waals surface area contributed by atoms with Gasteiger partial charge in [0.25, 0.3) is 0 Å². The lowest BCUT2D eigenvalue weighted by molar-refractivity contribution is 0.405. The zero-order valence-electron chi connectivity index (χ0n) is 10.7.